The molecule has 1 fully saturated rings. The van der Waals surface area contributed by atoms with Gasteiger partial charge in [0.2, 0.25) is 0 Å². The number of nitrogens with one attached hydrogen (secondary N) is 2. The Balaban J connectivity index is 1.53. The number of hydrogen-bond acceptors (Lipinski definition) is 3. The Morgan fingerprint density at radius 2 is 1.68 bits per heavy atom. The van der Waals surface area contributed by atoms with Crippen LogP contribution in [-0.2, 0) is 0 Å². The average Bonchev–Trinajstić information content (AvgIpc) is 3.32. The highest BCUT2D eigenvalue weighted by Gasteiger charge is 2.17. The van der Waals surface area contributed by atoms with E-state index in [2.05, 4.69) is 82.3 Å². The maximum atomic E-state index is 4.87. The van der Waals surface area contributed by atoms with Gasteiger partial charge < -0.3 is 19.8 Å². The molecule has 2 aromatic heterocycles. The number of aromatic amines is 2. The van der Waals surface area contributed by atoms with Crippen molar-refractivity contribution in [3.63, 3.8) is 0 Å². The molecule has 5 heteroatoms. The molecule has 4 aromatic rings. The molecule has 0 atom stereocenters. The van der Waals surface area contributed by atoms with Gasteiger partial charge in [0.1, 0.15) is 0 Å². The van der Waals surface area contributed by atoms with E-state index in [0.29, 0.717) is 0 Å². The summed E-state index contributed by atoms with van der Waals surface area (Å²) in [6, 6.07) is 19.2. The average molecular weight is 371 g/mol. The van der Waals surface area contributed by atoms with E-state index in [9.17, 15) is 0 Å². The summed E-state index contributed by atoms with van der Waals surface area (Å²) in [5.74, 6) is 0.887. The molecule has 1 aliphatic heterocycles. The number of benzene rings is 2. The number of rotatable bonds is 3. The molecular formula is C23H25N5. The number of aromatic nitrogens is 3. The lowest BCUT2D eigenvalue weighted by Gasteiger charge is -2.34. The number of hydrogen-bond donors (Lipinski definition) is 2. The first-order chi connectivity index (χ1) is 13.7. The zero-order chi connectivity index (χ0) is 19.1. The van der Waals surface area contributed by atoms with Crippen LogP contribution in [0.25, 0.3) is 33.7 Å². The van der Waals surface area contributed by atoms with E-state index in [1.165, 1.54) is 16.8 Å². The van der Waals surface area contributed by atoms with Crippen molar-refractivity contribution in [1.29, 1.82) is 0 Å². The van der Waals surface area contributed by atoms with Crippen LogP contribution in [-0.4, -0.2) is 53.1 Å². The van der Waals surface area contributed by atoms with Crippen LogP contribution >= 0.6 is 0 Å². The van der Waals surface area contributed by atoms with Crippen LogP contribution in [0.3, 0.4) is 0 Å². The molecule has 5 nitrogen and oxygen atoms in total. The number of imidazole rings is 1. The van der Waals surface area contributed by atoms with Crippen molar-refractivity contribution in [3.05, 3.63) is 60.3 Å². The molecule has 1 aliphatic rings. The fourth-order valence-electron chi connectivity index (χ4n) is 4.00. The number of nitrogens with zero attached hydrogens (tertiary/aromatic N) is 3. The van der Waals surface area contributed by atoms with Crippen LogP contribution in [0.15, 0.2) is 54.6 Å². The molecule has 28 heavy (non-hydrogen) atoms. The van der Waals surface area contributed by atoms with E-state index < -0.39 is 0 Å². The quantitative estimate of drug-likeness (QED) is 0.565. The van der Waals surface area contributed by atoms with E-state index in [0.717, 1.165) is 54.4 Å². The SMILES string of the molecule is Cc1cc(-c2ccccc2)c(-c2nc3ccc(N4CCN(C)CC4)cc3[nH]2)[nH]1. The highest BCUT2D eigenvalue weighted by atomic mass is 15.2. The van der Waals surface area contributed by atoms with Crippen LogP contribution < -0.4 is 4.90 Å². The fourth-order valence-corrected chi connectivity index (χ4v) is 4.00. The third-order valence-electron chi connectivity index (χ3n) is 5.61. The first-order valence-corrected chi connectivity index (χ1v) is 9.86. The monoisotopic (exact) mass is 371 g/mol. The molecule has 0 saturated carbocycles. The van der Waals surface area contributed by atoms with Crippen molar-refractivity contribution in [2.24, 2.45) is 0 Å². The minimum atomic E-state index is 0.887. The van der Waals surface area contributed by atoms with Gasteiger partial charge >= 0.3 is 0 Å². The summed E-state index contributed by atoms with van der Waals surface area (Å²) in [4.78, 5) is 16.7. The second kappa shape index (κ2) is 6.84. The molecule has 5 rings (SSSR count). The molecular weight excluding hydrogens is 346 g/mol. The Morgan fingerprint density at radius 1 is 0.893 bits per heavy atom. The number of piperazine rings is 1. The van der Waals surface area contributed by atoms with Gasteiger partial charge in [-0.15, -0.1) is 0 Å². The van der Waals surface area contributed by atoms with E-state index in [4.69, 9.17) is 4.98 Å². The maximum Gasteiger partial charge on any atom is 0.155 e. The molecule has 2 N–H and O–H groups in total. The number of anilines is 1. The molecule has 0 radical (unpaired) electrons. The summed E-state index contributed by atoms with van der Waals surface area (Å²) < 4.78 is 0. The van der Waals surface area contributed by atoms with Crippen LogP contribution in [0.1, 0.15) is 5.69 Å². The highest BCUT2D eigenvalue weighted by molar-refractivity contribution is 5.86. The van der Waals surface area contributed by atoms with Crippen LogP contribution in [0.5, 0.6) is 0 Å². The predicted octanol–water partition coefficient (Wildman–Crippen LogP) is 4.29. The van der Waals surface area contributed by atoms with Gasteiger partial charge in [0, 0.05) is 43.1 Å². The lowest BCUT2D eigenvalue weighted by atomic mass is 10.1. The van der Waals surface area contributed by atoms with Crippen molar-refractivity contribution >= 4 is 16.7 Å². The Labute approximate surface area is 165 Å². The van der Waals surface area contributed by atoms with Crippen molar-refractivity contribution in [3.8, 4) is 22.6 Å². The first-order valence-electron chi connectivity index (χ1n) is 9.86. The number of fused-ring (bicyclic) bond motifs is 1. The predicted molar refractivity (Wildman–Crippen MR) is 116 cm³/mol. The smallest absolute Gasteiger partial charge is 0.155 e. The molecule has 2 aromatic carbocycles. The zero-order valence-electron chi connectivity index (χ0n) is 16.4. The summed E-state index contributed by atoms with van der Waals surface area (Å²) in [6.07, 6.45) is 0. The van der Waals surface area contributed by atoms with E-state index in [1.54, 1.807) is 0 Å². The van der Waals surface area contributed by atoms with Gasteiger partial charge in [-0.2, -0.15) is 0 Å². The van der Waals surface area contributed by atoms with Crippen LogP contribution in [0.4, 0.5) is 5.69 Å². The Kier molecular flexibility index (Phi) is 4.17. The van der Waals surface area contributed by atoms with Crippen molar-refractivity contribution in [1.82, 2.24) is 19.9 Å². The fraction of sp³-hybridized carbons (Fsp3) is 0.261. The normalized spacial score (nSPS) is 15.4. The topological polar surface area (TPSA) is 51.0 Å². The summed E-state index contributed by atoms with van der Waals surface area (Å²) in [7, 11) is 2.18. The number of H-pyrrole nitrogens is 2. The van der Waals surface area contributed by atoms with Gasteiger partial charge in [-0.05, 0) is 43.8 Å². The molecule has 142 valence electrons. The first kappa shape index (κ1) is 17.1. The van der Waals surface area contributed by atoms with Gasteiger partial charge in [-0.1, -0.05) is 30.3 Å². The molecule has 1 saturated heterocycles. The molecule has 0 spiro atoms. The van der Waals surface area contributed by atoms with Crippen molar-refractivity contribution in [2.45, 2.75) is 6.92 Å². The maximum absolute atomic E-state index is 4.87. The summed E-state index contributed by atoms with van der Waals surface area (Å²) in [5.41, 5.74) is 7.89. The molecule has 0 aliphatic carbocycles. The Hall–Kier alpha value is -3.05. The summed E-state index contributed by atoms with van der Waals surface area (Å²) in [5, 5.41) is 0. The second-order valence-corrected chi connectivity index (χ2v) is 7.68. The highest BCUT2D eigenvalue weighted by Crippen LogP contribution is 2.32. The molecule has 0 unspecified atom stereocenters. The van der Waals surface area contributed by atoms with E-state index in [1.807, 2.05) is 6.07 Å². The third-order valence-corrected chi connectivity index (χ3v) is 5.61. The van der Waals surface area contributed by atoms with Gasteiger partial charge in [0.15, 0.2) is 5.82 Å². The second-order valence-electron chi connectivity index (χ2n) is 7.68. The third kappa shape index (κ3) is 3.08. The van der Waals surface area contributed by atoms with E-state index >= 15 is 0 Å². The standard InChI is InChI=1S/C23H25N5/c1-16-14-19(17-6-4-3-5-7-17)22(24-16)23-25-20-9-8-18(15-21(20)26-23)28-12-10-27(2)11-13-28/h3-9,14-15,24H,10-13H2,1-2H3,(H,25,26). The van der Waals surface area contributed by atoms with Crippen molar-refractivity contribution in [2.75, 3.05) is 38.1 Å². The van der Waals surface area contributed by atoms with Gasteiger partial charge in [0.25, 0.3) is 0 Å². The largest absolute Gasteiger partial charge is 0.369 e. The van der Waals surface area contributed by atoms with Crippen molar-refractivity contribution < 1.29 is 0 Å². The number of aryl methyl sites for hydroxylation is 1. The summed E-state index contributed by atoms with van der Waals surface area (Å²) >= 11 is 0. The van der Waals surface area contributed by atoms with E-state index in [-0.39, 0.29) is 0 Å². The minimum Gasteiger partial charge on any atom is -0.369 e. The number of likely N-dealkylation sites (N-methyl/N-ethyl adjacent to an activating group) is 1. The van der Waals surface area contributed by atoms with Crippen LogP contribution in [0.2, 0.25) is 0 Å². The lowest BCUT2D eigenvalue weighted by Crippen LogP contribution is -2.44. The Bertz CT molecular complexity index is 1100. The molecule has 0 bridgehead atoms. The van der Waals surface area contributed by atoms with Crippen LogP contribution in [0, 0.1) is 6.92 Å². The van der Waals surface area contributed by atoms with Gasteiger partial charge in [0.05, 0.1) is 16.7 Å². The molecule has 3 heterocycles. The summed E-state index contributed by atoms with van der Waals surface area (Å²) in [6.45, 7) is 6.43. The minimum absolute atomic E-state index is 0.887. The van der Waals surface area contributed by atoms with Gasteiger partial charge in [-0.3, -0.25) is 0 Å². The lowest BCUT2D eigenvalue weighted by molar-refractivity contribution is 0.313. The Morgan fingerprint density at radius 3 is 2.46 bits per heavy atom. The molecule has 0 amide bonds. The van der Waals surface area contributed by atoms with Gasteiger partial charge in [-0.25, -0.2) is 4.98 Å². The zero-order valence-corrected chi connectivity index (χ0v) is 16.4.